The maximum Gasteiger partial charge on any atom is 0.253 e. The zero-order valence-electron chi connectivity index (χ0n) is 14.2. The second-order valence-electron chi connectivity index (χ2n) is 6.47. The van der Waals surface area contributed by atoms with Gasteiger partial charge in [-0.3, -0.25) is 9.78 Å². The van der Waals surface area contributed by atoms with Gasteiger partial charge in [0.1, 0.15) is 5.82 Å². The fraction of sp³-hybridized carbons (Fsp3) is 0.250. The van der Waals surface area contributed by atoms with Crippen LogP contribution in [0.1, 0.15) is 33.7 Å². The molecule has 0 unspecified atom stereocenters. The molecule has 1 aliphatic rings. The molecule has 126 valence electrons. The summed E-state index contributed by atoms with van der Waals surface area (Å²) in [5, 5.41) is 2.96. The van der Waals surface area contributed by atoms with Crippen LogP contribution in [0.15, 0.2) is 48.9 Å². The SMILES string of the molecule is Cc1cncc(C(=O)NCc2cccc(-c3cn4c(n3)CCC4)c2)c1. The van der Waals surface area contributed by atoms with E-state index < -0.39 is 0 Å². The number of nitrogens with one attached hydrogen (secondary N) is 1. The number of amides is 1. The second kappa shape index (κ2) is 6.51. The zero-order valence-corrected chi connectivity index (χ0v) is 14.2. The van der Waals surface area contributed by atoms with E-state index in [4.69, 9.17) is 4.98 Å². The molecule has 0 saturated heterocycles. The predicted octanol–water partition coefficient (Wildman–Crippen LogP) is 3.13. The van der Waals surface area contributed by atoms with Crippen molar-refractivity contribution in [2.24, 2.45) is 0 Å². The molecule has 0 spiro atoms. The third-order valence-corrected chi connectivity index (χ3v) is 4.47. The van der Waals surface area contributed by atoms with Gasteiger partial charge in [0.15, 0.2) is 0 Å². The van der Waals surface area contributed by atoms with Gasteiger partial charge in [0.25, 0.3) is 5.91 Å². The topological polar surface area (TPSA) is 59.8 Å². The summed E-state index contributed by atoms with van der Waals surface area (Å²) in [5.74, 6) is 1.06. The Morgan fingerprint density at radius 2 is 2.20 bits per heavy atom. The number of carbonyl (C=O) groups is 1. The summed E-state index contributed by atoms with van der Waals surface area (Å²) in [7, 11) is 0. The minimum Gasteiger partial charge on any atom is -0.348 e. The summed E-state index contributed by atoms with van der Waals surface area (Å²) in [5.41, 5.74) is 4.71. The summed E-state index contributed by atoms with van der Waals surface area (Å²) in [6, 6.07) is 10.0. The molecule has 1 aliphatic heterocycles. The molecule has 5 nitrogen and oxygen atoms in total. The van der Waals surface area contributed by atoms with E-state index in [0.29, 0.717) is 12.1 Å². The maximum atomic E-state index is 12.3. The van der Waals surface area contributed by atoms with Crippen LogP contribution < -0.4 is 5.32 Å². The lowest BCUT2D eigenvalue weighted by atomic mass is 10.1. The second-order valence-corrected chi connectivity index (χ2v) is 6.47. The Labute approximate surface area is 146 Å². The summed E-state index contributed by atoms with van der Waals surface area (Å²) >= 11 is 0. The monoisotopic (exact) mass is 332 g/mol. The zero-order chi connectivity index (χ0) is 17.2. The standard InChI is InChI=1S/C20H20N4O/c1-14-8-17(12-21-10-14)20(25)22-11-15-4-2-5-16(9-15)18-13-24-7-3-6-19(24)23-18/h2,4-5,8-10,12-13H,3,6-7,11H2,1H3,(H,22,25). The van der Waals surface area contributed by atoms with Crippen LogP contribution in [0.25, 0.3) is 11.3 Å². The molecule has 25 heavy (non-hydrogen) atoms. The largest absolute Gasteiger partial charge is 0.348 e. The number of imidazole rings is 1. The van der Waals surface area contributed by atoms with Gasteiger partial charge in [0.2, 0.25) is 0 Å². The number of aryl methyl sites for hydroxylation is 3. The first kappa shape index (κ1) is 15.6. The average molecular weight is 332 g/mol. The van der Waals surface area contributed by atoms with Gasteiger partial charge < -0.3 is 9.88 Å². The number of fused-ring (bicyclic) bond motifs is 1. The predicted molar refractivity (Wildman–Crippen MR) is 96.1 cm³/mol. The lowest BCUT2D eigenvalue weighted by Gasteiger charge is -2.07. The Hall–Kier alpha value is -2.95. The normalized spacial score (nSPS) is 12.8. The van der Waals surface area contributed by atoms with Crippen LogP contribution in [0, 0.1) is 6.92 Å². The van der Waals surface area contributed by atoms with Crippen LogP contribution in [-0.2, 0) is 19.5 Å². The number of carbonyl (C=O) groups excluding carboxylic acids is 1. The highest BCUT2D eigenvalue weighted by Gasteiger charge is 2.14. The van der Waals surface area contributed by atoms with Crippen LogP contribution in [0.5, 0.6) is 0 Å². The number of rotatable bonds is 4. The first-order chi connectivity index (χ1) is 12.2. The Morgan fingerprint density at radius 3 is 3.04 bits per heavy atom. The highest BCUT2D eigenvalue weighted by atomic mass is 16.1. The maximum absolute atomic E-state index is 12.3. The third-order valence-electron chi connectivity index (χ3n) is 4.47. The molecule has 4 rings (SSSR count). The van der Waals surface area contributed by atoms with Crippen LogP contribution in [-0.4, -0.2) is 20.4 Å². The van der Waals surface area contributed by atoms with Crippen molar-refractivity contribution in [2.45, 2.75) is 32.9 Å². The minimum atomic E-state index is -0.109. The molecule has 1 amide bonds. The molecule has 2 aromatic heterocycles. The average Bonchev–Trinajstić information content (AvgIpc) is 3.22. The third kappa shape index (κ3) is 3.31. The Bertz CT molecular complexity index is 907. The van der Waals surface area contributed by atoms with Gasteiger partial charge >= 0.3 is 0 Å². The summed E-state index contributed by atoms with van der Waals surface area (Å²) in [6.45, 7) is 3.46. The van der Waals surface area contributed by atoms with E-state index in [2.05, 4.69) is 33.2 Å². The van der Waals surface area contributed by atoms with Gasteiger partial charge in [0.05, 0.1) is 11.3 Å². The molecule has 0 radical (unpaired) electrons. The van der Waals surface area contributed by atoms with Crippen molar-refractivity contribution in [3.63, 3.8) is 0 Å². The van der Waals surface area contributed by atoms with E-state index in [9.17, 15) is 4.79 Å². The smallest absolute Gasteiger partial charge is 0.253 e. The number of pyridine rings is 1. The molecular weight excluding hydrogens is 312 g/mol. The first-order valence-corrected chi connectivity index (χ1v) is 8.54. The Morgan fingerprint density at radius 1 is 1.28 bits per heavy atom. The highest BCUT2D eigenvalue weighted by Crippen LogP contribution is 2.23. The molecule has 0 saturated carbocycles. The molecule has 0 atom stereocenters. The van der Waals surface area contributed by atoms with Crippen LogP contribution in [0.2, 0.25) is 0 Å². The van der Waals surface area contributed by atoms with Crippen molar-refractivity contribution in [1.29, 1.82) is 0 Å². The van der Waals surface area contributed by atoms with Crippen LogP contribution in [0.4, 0.5) is 0 Å². The molecule has 1 N–H and O–H groups in total. The minimum absolute atomic E-state index is 0.109. The number of aromatic nitrogens is 3. The van der Waals surface area contributed by atoms with Crippen LogP contribution in [0.3, 0.4) is 0 Å². The van der Waals surface area contributed by atoms with E-state index in [1.165, 1.54) is 12.2 Å². The quantitative estimate of drug-likeness (QED) is 0.798. The molecule has 5 heteroatoms. The van der Waals surface area contributed by atoms with Crippen molar-refractivity contribution in [3.8, 4) is 11.3 Å². The number of benzene rings is 1. The summed E-state index contributed by atoms with van der Waals surface area (Å²) in [4.78, 5) is 21.0. The van der Waals surface area contributed by atoms with E-state index in [1.807, 2.05) is 25.1 Å². The molecular formula is C20H20N4O. The van der Waals surface area contributed by atoms with Crippen molar-refractivity contribution in [3.05, 3.63) is 71.4 Å². The molecule has 3 heterocycles. The lowest BCUT2D eigenvalue weighted by molar-refractivity contribution is 0.0950. The van der Waals surface area contributed by atoms with Crippen LogP contribution >= 0.6 is 0 Å². The summed E-state index contributed by atoms with van der Waals surface area (Å²) < 4.78 is 2.23. The van der Waals surface area contributed by atoms with Gasteiger partial charge in [0, 0.05) is 43.7 Å². The Kier molecular flexibility index (Phi) is 4.06. The fourth-order valence-electron chi connectivity index (χ4n) is 3.20. The van der Waals surface area contributed by atoms with Gasteiger partial charge in [-0.15, -0.1) is 0 Å². The molecule has 0 aliphatic carbocycles. The Balaban J connectivity index is 1.47. The lowest BCUT2D eigenvalue weighted by Crippen LogP contribution is -2.23. The number of nitrogens with zero attached hydrogens (tertiary/aromatic N) is 3. The van der Waals surface area contributed by atoms with Gasteiger partial charge in [-0.05, 0) is 36.6 Å². The van der Waals surface area contributed by atoms with Crippen molar-refractivity contribution >= 4 is 5.91 Å². The van der Waals surface area contributed by atoms with E-state index >= 15 is 0 Å². The molecule has 0 fully saturated rings. The number of hydrogen-bond acceptors (Lipinski definition) is 3. The molecule has 3 aromatic rings. The highest BCUT2D eigenvalue weighted by molar-refractivity contribution is 5.93. The van der Waals surface area contributed by atoms with Gasteiger partial charge in [-0.2, -0.15) is 0 Å². The number of hydrogen-bond donors (Lipinski definition) is 1. The molecule has 1 aromatic carbocycles. The summed E-state index contributed by atoms with van der Waals surface area (Å²) in [6.07, 6.45) is 7.69. The van der Waals surface area contributed by atoms with Crippen molar-refractivity contribution in [2.75, 3.05) is 0 Å². The van der Waals surface area contributed by atoms with Gasteiger partial charge in [-0.25, -0.2) is 4.98 Å². The van der Waals surface area contributed by atoms with Crippen molar-refractivity contribution in [1.82, 2.24) is 19.9 Å². The van der Waals surface area contributed by atoms with Crippen molar-refractivity contribution < 1.29 is 4.79 Å². The van der Waals surface area contributed by atoms with E-state index in [0.717, 1.165) is 35.3 Å². The fourth-order valence-corrected chi connectivity index (χ4v) is 3.20. The van der Waals surface area contributed by atoms with Gasteiger partial charge in [-0.1, -0.05) is 18.2 Å². The first-order valence-electron chi connectivity index (χ1n) is 8.54. The molecule has 0 bridgehead atoms. The van der Waals surface area contributed by atoms with E-state index in [1.54, 1.807) is 12.4 Å². The van der Waals surface area contributed by atoms with E-state index in [-0.39, 0.29) is 5.91 Å².